The van der Waals surface area contributed by atoms with E-state index in [0.29, 0.717) is 5.92 Å². The molecule has 3 unspecified atom stereocenters. The van der Waals surface area contributed by atoms with Crippen molar-refractivity contribution < 1.29 is 0 Å². The van der Waals surface area contributed by atoms with Crippen LogP contribution in [0.2, 0.25) is 0 Å². The number of hydrogen-bond donors (Lipinski definition) is 0. The quantitative estimate of drug-likeness (QED) is 0.483. The maximum absolute atomic E-state index is 6.74. The number of fused-ring (bicyclic) bond motifs is 2. The molecule has 0 nitrogen and oxygen atoms in total. The first-order chi connectivity index (χ1) is 6.79. The van der Waals surface area contributed by atoms with Gasteiger partial charge in [-0.05, 0) is 24.3 Å². The summed E-state index contributed by atoms with van der Waals surface area (Å²) in [5.41, 5.74) is 1.29. The van der Waals surface area contributed by atoms with E-state index >= 15 is 0 Å². The molecule has 3 rings (SSSR count). The normalized spacial score (nSPS) is 39.2. The lowest BCUT2D eigenvalue weighted by Gasteiger charge is -2.29. The van der Waals surface area contributed by atoms with Crippen LogP contribution in [0.3, 0.4) is 0 Å². The Morgan fingerprint density at radius 2 is 1.93 bits per heavy atom. The highest BCUT2D eigenvalue weighted by Crippen LogP contribution is 2.55. The SMILES string of the molecule is ClC1(c2ccccc2)CC2C=CC1C2. The minimum Gasteiger partial charge on any atom is -0.113 e. The summed E-state index contributed by atoms with van der Waals surface area (Å²) in [6.07, 6.45) is 6.99. The Labute approximate surface area is 89.6 Å². The molecule has 3 atom stereocenters. The van der Waals surface area contributed by atoms with E-state index in [2.05, 4.69) is 36.4 Å². The van der Waals surface area contributed by atoms with Crippen molar-refractivity contribution in [3.05, 3.63) is 48.0 Å². The number of allylic oxidation sites excluding steroid dienone is 2. The van der Waals surface area contributed by atoms with Crippen LogP contribution in [-0.2, 0) is 4.87 Å². The van der Waals surface area contributed by atoms with E-state index in [1.54, 1.807) is 0 Å². The van der Waals surface area contributed by atoms with Gasteiger partial charge in [-0.1, -0.05) is 42.5 Å². The number of alkyl halides is 1. The molecule has 0 aromatic heterocycles. The van der Waals surface area contributed by atoms with Crippen molar-refractivity contribution in [1.29, 1.82) is 0 Å². The van der Waals surface area contributed by atoms with Gasteiger partial charge in [-0.2, -0.15) is 0 Å². The van der Waals surface area contributed by atoms with Crippen molar-refractivity contribution in [2.45, 2.75) is 17.7 Å². The number of benzene rings is 1. The molecule has 0 spiro atoms. The highest BCUT2D eigenvalue weighted by atomic mass is 35.5. The summed E-state index contributed by atoms with van der Waals surface area (Å²) >= 11 is 6.74. The third-order valence-electron chi connectivity index (χ3n) is 3.57. The lowest BCUT2D eigenvalue weighted by molar-refractivity contribution is 0.514. The molecular formula is C13H13Cl. The van der Waals surface area contributed by atoms with Gasteiger partial charge in [-0.3, -0.25) is 0 Å². The number of halogens is 1. The van der Waals surface area contributed by atoms with Gasteiger partial charge in [0.15, 0.2) is 0 Å². The topological polar surface area (TPSA) is 0 Å². The van der Waals surface area contributed by atoms with Crippen molar-refractivity contribution in [3.63, 3.8) is 0 Å². The zero-order chi connectivity index (χ0) is 9.60. The average Bonchev–Trinajstić information content (AvgIpc) is 2.79. The van der Waals surface area contributed by atoms with Crippen molar-refractivity contribution in [3.8, 4) is 0 Å². The van der Waals surface area contributed by atoms with Crippen LogP contribution in [0.4, 0.5) is 0 Å². The van der Waals surface area contributed by atoms with E-state index < -0.39 is 0 Å². The first-order valence-corrected chi connectivity index (χ1v) is 5.59. The monoisotopic (exact) mass is 204 g/mol. The third kappa shape index (κ3) is 1.07. The van der Waals surface area contributed by atoms with Gasteiger partial charge < -0.3 is 0 Å². The van der Waals surface area contributed by atoms with Crippen molar-refractivity contribution in [1.82, 2.24) is 0 Å². The Hall–Kier alpha value is -0.750. The number of rotatable bonds is 1. The van der Waals surface area contributed by atoms with Gasteiger partial charge in [0.25, 0.3) is 0 Å². The van der Waals surface area contributed by atoms with Gasteiger partial charge in [0, 0.05) is 5.92 Å². The molecule has 1 saturated carbocycles. The van der Waals surface area contributed by atoms with Crippen LogP contribution in [0.1, 0.15) is 18.4 Å². The standard InChI is InChI=1S/C13H13Cl/c14-13(11-4-2-1-3-5-11)9-10-6-7-12(13)8-10/h1-7,10,12H,8-9H2. The molecule has 0 radical (unpaired) electrons. The first-order valence-electron chi connectivity index (χ1n) is 5.22. The molecule has 0 amide bonds. The van der Waals surface area contributed by atoms with E-state index in [4.69, 9.17) is 11.6 Å². The van der Waals surface area contributed by atoms with Crippen molar-refractivity contribution in [2.24, 2.45) is 11.8 Å². The second-order valence-electron chi connectivity index (χ2n) is 4.42. The van der Waals surface area contributed by atoms with Crippen LogP contribution in [0.15, 0.2) is 42.5 Å². The lowest BCUT2D eigenvalue weighted by atomic mass is 9.86. The maximum atomic E-state index is 6.74. The minimum absolute atomic E-state index is 0.110. The minimum atomic E-state index is -0.110. The highest BCUT2D eigenvalue weighted by molar-refractivity contribution is 6.24. The van der Waals surface area contributed by atoms with E-state index in [0.717, 1.165) is 12.3 Å². The Bertz CT molecular complexity index is 368. The van der Waals surface area contributed by atoms with Crippen LogP contribution in [0.25, 0.3) is 0 Å². The summed E-state index contributed by atoms with van der Waals surface area (Å²) in [5.74, 6) is 1.27. The fraction of sp³-hybridized carbons (Fsp3) is 0.385. The fourth-order valence-electron chi connectivity index (χ4n) is 2.85. The Kier molecular flexibility index (Phi) is 1.75. The largest absolute Gasteiger partial charge is 0.113 e. The van der Waals surface area contributed by atoms with Gasteiger partial charge in [0.2, 0.25) is 0 Å². The van der Waals surface area contributed by atoms with Gasteiger partial charge >= 0.3 is 0 Å². The Morgan fingerprint density at radius 1 is 1.14 bits per heavy atom. The van der Waals surface area contributed by atoms with E-state index in [-0.39, 0.29) is 4.87 Å². The van der Waals surface area contributed by atoms with Crippen LogP contribution in [-0.4, -0.2) is 0 Å². The zero-order valence-corrected chi connectivity index (χ0v) is 8.74. The maximum Gasteiger partial charge on any atom is 0.0763 e. The summed E-state index contributed by atoms with van der Waals surface area (Å²) in [6, 6.07) is 10.5. The third-order valence-corrected chi connectivity index (χ3v) is 4.23. The molecule has 1 aromatic rings. The second kappa shape index (κ2) is 2.87. The summed E-state index contributed by atoms with van der Waals surface area (Å²) in [6.45, 7) is 0. The summed E-state index contributed by atoms with van der Waals surface area (Å²) < 4.78 is 0. The summed E-state index contributed by atoms with van der Waals surface area (Å²) in [7, 11) is 0. The predicted octanol–water partition coefficient (Wildman–Crippen LogP) is 3.72. The molecule has 2 bridgehead atoms. The van der Waals surface area contributed by atoms with Crippen LogP contribution < -0.4 is 0 Å². The van der Waals surface area contributed by atoms with E-state index in [9.17, 15) is 0 Å². The first kappa shape index (κ1) is 8.55. The van der Waals surface area contributed by atoms with Crippen LogP contribution >= 0.6 is 11.6 Å². The zero-order valence-electron chi connectivity index (χ0n) is 7.99. The Balaban J connectivity index is 2.03. The molecule has 14 heavy (non-hydrogen) atoms. The van der Waals surface area contributed by atoms with Gasteiger partial charge in [-0.15, -0.1) is 11.6 Å². The summed E-state index contributed by atoms with van der Waals surface area (Å²) in [5, 5.41) is 0. The summed E-state index contributed by atoms with van der Waals surface area (Å²) in [4.78, 5) is -0.110. The molecule has 1 fully saturated rings. The molecule has 1 aromatic carbocycles. The highest BCUT2D eigenvalue weighted by Gasteiger charge is 2.47. The average molecular weight is 205 g/mol. The van der Waals surface area contributed by atoms with Crippen LogP contribution in [0, 0.1) is 11.8 Å². The van der Waals surface area contributed by atoms with E-state index in [1.165, 1.54) is 12.0 Å². The van der Waals surface area contributed by atoms with Gasteiger partial charge in [-0.25, -0.2) is 0 Å². The Morgan fingerprint density at radius 3 is 2.50 bits per heavy atom. The predicted molar refractivity (Wildman–Crippen MR) is 59.3 cm³/mol. The van der Waals surface area contributed by atoms with E-state index in [1.807, 2.05) is 6.07 Å². The molecule has 72 valence electrons. The molecule has 0 N–H and O–H groups in total. The molecule has 2 aliphatic carbocycles. The van der Waals surface area contributed by atoms with Gasteiger partial charge in [0.1, 0.15) is 0 Å². The van der Waals surface area contributed by atoms with Crippen molar-refractivity contribution in [2.75, 3.05) is 0 Å². The molecule has 0 heterocycles. The second-order valence-corrected chi connectivity index (χ2v) is 5.09. The molecule has 0 aliphatic heterocycles. The smallest absolute Gasteiger partial charge is 0.0763 e. The van der Waals surface area contributed by atoms with Gasteiger partial charge in [0.05, 0.1) is 4.87 Å². The lowest BCUT2D eigenvalue weighted by Crippen LogP contribution is -2.23. The molecule has 2 aliphatic rings. The van der Waals surface area contributed by atoms with Crippen molar-refractivity contribution >= 4 is 11.6 Å². The molecular weight excluding hydrogens is 192 g/mol. The van der Waals surface area contributed by atoms with Crippen LogP contribution in [0.5, 0.6) is 0 Å². The molecule has 0 saturated heterocycles. The molecule has 1 heteroatoms. The fourth-order valence-corrected chi connectivity index (χ4v) is 3.33. The number of hydrogen-bond acceptors (Lipinski definition) is 0.